The maximum atomic E-state index is 13.9. The van der Waals surface area contributed by atoms with Gasteiger partial charge in [0.1, 0.15) is 17.0 Å². The van der Waals surface area contributed by atoms with E-state index in [2.05, 4.69) is 15.6 Å². The van der Waals surface area contributed by atoms with Crippen LogP contribution < -0.4 is 21.1 Å². The van der Waals surface area contributed by atoms with E-state index in [9.17, 15) is 14.4 Å². The Bertz CT molecular complexity index is 1650. The molecule has 0 bridgehead atoms. The fraction of sp³-hybridized carbons (Fsp3) is 0.281. The minimum absolute atomic E-state index is 0.197. The van der Waals surface area contributed by atoms with E-state index in [1.165, 1.54) is 9.47 Å². The summed E-state index contributed by atoms with van der Waals surface area (Å²) < 4.78 is 6.89. The number of nitrogens with zero attached hydrogens (tertiary/aromatic N) is 4. The lowest BCUT2D eigenvalue weighted by Gasteiger charge is -2.25. The third-order valence-electron chi connectivity index (χ3n) is 6.86. The number of rotatable bonds is 8. The summed E-state index contributed by atoms with van der Waals surface area (Å²) in [7, 11) is 1.61. The number of anilines is 2. The number of hydrogen-bond donors (Lipinski definition) is 2. The van der Waals surface area contributed by atoms with Gasteiger partial charge in [0.05, 0.1) is 12.6 Å². The molecule has 2 aromatic carbocycles. The Morgan fingerprint density at radius 2 is 1.69 bits per heavy atom. The van der Waals surface area contributed by atoms with Gasteiger partial charge in [0.15, 0.2) is 0 Å². The van der Waals surface area contributed by atoms with Gasteiger partial charge >= 0.3 is 6.09 Å². The van der Waals surface area contributed by atoms with Gasteiger partial charge in [0.2, 0.25) is 5.95 Å². The number of carbonyl (C=O) groups excluding carboxylic acids is 2. The van der Waals surface area contributed by atoms with Crippen LogP contribution in [0.2, 0.25) is 0 Å². The molecule has 0 spiro atoms. The average Bonchev–Trinajstić information content (AvgIpc) is 3.29. The second-order valence-corrected chi connectivity index (χ2v) is 11.2. The zero-order valence-electron chi connectivity index (χ0n) is 24.1. The second kappa shape index (κ2) is 11.9. The predicted octanol–water partition coefficient (Wildman–Crippen LogP) is 4.55. The number of pyridine rings is 1. The Balaban J connectivity index is 1.48. The molecule has 216 valence electrons. The first-order valence-corrected chi connectivity index (χ1v) is 13.8. The third-order valence-corrected chi connectivity index (χ3v) is 6.86. The molecule has 2 N–H and O–H groups in total. The van der Waals surface area contributed by atoms with Gasteiger partial charge in [0.25, 0.3) is 11.5 Å². The van der Waals surface area contributed by atoms with Crippen molar-refractivity contribution in [3.05, 3.63) is 106 Å². The Hall–Kier alpha value is -4.99. The van der Waals surface area contributed by atoms with E-state index < -0.39 is 11.7 Å². The molecular formula is C32H34N6O4. The first kappa shape index (κ1) is 28.5. The van der Waals surface area contributed by atoms with Crippen LogP contribution in [0.5, 0.6) is 0 Å². The second-order valence-electron chi connectivity index (χ2n) is 11.2. The first-order chi connectivity index (χ1) is 20.1. The van der Waals surface area contributed by atoms with Gasteiger partial charge in [-0.2, -0.15) is 0 Å². The normalized spacial score (nSPS) is 13.4. The van der Waals surface area contributed by atoms with Crippen molar-refractivity contribution in [2.45, 2.75) is 45.4 Å². The Kier molecular flexibility index (Phi) is 8.06. The summed E-state index contributed by atoms with van der Waals surface area (Å²) in [6.45, 7) is 5.96. The highest BCUT2D eigenvalue weighted by molar-refractivity contribution is 6.11. The summed E-state index contributed by atoms with van der Waals surface area (Å²) >= 11 is 0. The molecular weight excluding hydrogens is 532 g/mol. The van der Waals surface area contributed by atoms with Crippen LogP contribution in [0.4, 0.5) is 16.4 Å². The summed E-state index contributed by atoms with van der Waals surface area (Å²) in [6, 6.07) is 20.3. The first-order valence-electron chi connectivity index (χ1n) is 13.8. The largest absolute Gasteiger partial charge is 0.444 e. The molecule has 2 aromatic heterocycles. The number of aromatic nitrogens is 3. The standard InChI is InChI=1S/C32H34N6O4/c1-32(2,3)42-31(41)35-24(18-21-10-6-5-7-11-21)19-34-30-36-26(22-14-16-33-17-15-22)27(29(40)37(30)4)38-20-23-12-8-9-13-25(23)28(38)39/h5-17,24H,18-20H2,1-4H3,(H,34,36)(H,35,41)/t24-/m0/s1. The molecule has 4 aromatic rings. The average molecular weight is 567 g/mol. The Labute approximate surface area is 244 Å². The van der Waals surface area contributed by atoms with Crippen molar-refractivity contribution < 1.29 is 14.3 Å². The SMILES string of the molecule is Cn1c(NC[C@H](Cc2ccccc2)NC(=O)OC(C)(C)C)nc(-c2ccncc2)c(N2Cc3ccccc3C2=O)c1=O. The number of benzene rings is 2. The minimum atomic E-state index is -0.651. The molecule has 0 saturated heterocycles. The molecule has 0 aliphatic carbocycles. The molecule has 0 fully saturated rings. The fourth-order valence-corrected chi connectivity index (χ4v) is 4.90. The van der Waals surface area contributed by atoms with Crippen LogP contribution in [0.15, 0.2) is 83.9 Å². The molecule has 5 rings (SSSR count). The summed E-state index contributed by atoms with van der Waals surface area (Å²) in [4.78, 5) is 50.4. The molecule has 0 radical (unpaired) electrons. The molecule has 3 heterocycles. The van der Waals surface area contributed by atoms with Crippen molar-refractivity contribution >= 4 is 23.6 Å². The Morgan fingerprint density at radius 1 is 1.00 bits per heavy atom. The lowest BCUT2D eigenvalue weighted by Crippen LogP contribution is -2.44. The van der Waals surface area contributed by atoms with Crippen LogP contribution in [-0.2, 0) is 24.8 Å². The predicted molar refractivity (Wildman–Crippen MR) is 161 cm³/mol. The molecule has 1 atom stereocenters. The quantitative estimate of drug-likeness (QED) is 0.321. The lowest BCUT2D eigenvalue weighted by atomic mass is 10.1. The fourth-order valence-electron chi connectivity index (χ4n) is 4.90. The van der Waals surface area contributed by atoms with Crippen molar-refractivity contribution in [1.29, 1.82) is 0 Å². The van der Waals surface area contributed by atoms with Crippen LogP contribution in [0, 0.1) is 0 Å². The van der Waals surface area contributed by atoms with Gasteiger partial charge in [-0.25, -0.2) is 9.78 Å². The number of fused-ring (bicyclic) bond motifs is 1. The highest BCUT2D eigenvalue weighted by atomic mass is 16.6. The molecule has 1 aliphatic rings. The zero-order chi connectivity index (χ0) is 29.9. The monoisotopic (exact) mass is 566 g/mol. The van der Waals surface area contributed by atoms with E-state index in [-0.39, 0.29) is 36.3 Å². The highest BCUT2D eigenvalue weighted by Gasteiger charge is 2.33. The van der Waals surface area contributed by atoms with E-state index in [0.29, 0.717) is 29.2 Å². The van der Waals surface area contributed by atoms with E-state index >= 15 is 0 Å². The van der Waals surface area contributed by atoms with Crippen molar-refractivity contribution in [3.8, 4) is 11.3 Å². The van der Waals surface area contributed by atoms with Gasteiger partial charge in [-0.15, -0.1) is 0 Å². The highest BCUT2D eigenvalue weighted by Crippen LogP contribution is 2.33. The number of amides is 2. The summed E-state index contributed by atoms with van der Waals surface area (Å²) in [5, 5.41) is 6.21. The van der Waals surface area contributed by atoms with Crippen molar-refractivity contribution in [2.75, 3.05) is 16.8 Å². The van der Waals surface area contributed by atoms with E-state index in [0.717, 1.165) is 11.1 Å². The number of ether oxygens (including phenoxy) is 1. The van der Waals surface area contributed by atoms with Gasteiger partial charge < -0.3 is 15.4 Å². The number of nitrogens with one attached hydrogen (secondary N) is 2. The number of carbonyl (C=O) groups is 2. The maximum Gasteiger partial charge on any atom is 0.407 e. The molecule has 1 aliphatic heterocycles. The van der Waals surface area contributed by atoms with Gasteiger partial charge in [-0.3, -0.25) is 24.0 Å². The zero-order valence-corrected chi connectivity index (χ0v) is 24.1. The van der Waals surface area contributed by atoms with Crippen LogP contribution in [0.25, 0.3) is 11.3 Å². The Morgan fingerprint density at radius 3 is 2.38 bits per heavy atom. The third kappa shape index (κ3) is 6.33. The topological polar surface area (TPSA) is 118 Å². The van der Waals surface area contributed by atoms with Gasteiger partial charge in [-0.05, 0) is 56.5 Å². The number of hydrogen-bond acceptors (Lipinski definition) is 7. The molecule has 2 amide bonds. The van der Waals surface area contributed by atoms with Crippen LogP contribution in [0.3, 0.4) is 0 Å². The van der Waals surface area contributed by atoms with Crippen molar-refractivity contribution in [3.63, 3.8) is 0 Å². The van der Waals surface area contributed by atoms with Crippen molar-refractivity contribution in [2.24, 2.45) is 7.05 Å². The van der Waals surface area contributed by atoms with Crippen molar-refractivity contribution in [1.82, 2.24) is 19.9 Å². The minimum Gasteiger partial charge on any atom is -0.444 e. The van der Waals surface area contributed by atoms with Crippen LogP contribution >= 0.6 is 0 Å². The maximum absolute atomic E-state index is 13.9. The molecule has 10 nitrogen and oxygen atoms in total. The lowest BCUT2D eigenvalue weighted by molar-refractivity contribution is 0.0506. The summed E-state index contributed by atoms with van der Waals surface area (Å²) in [5.41, 5.74) is 2.64. The van der Waals surface area contributed by atoms with Gasteiger partial charge in [0, 0.05) is 37.1 Å². The van der Waals surface area contributed by atoms with E-state index in [1.54, 1.807) is 37.6 Å². The molecule has 0 unspecified atom stereocenters. The van der Waals surface area contributed by atoms with Crippen LogP contribution in [0.1, 0.15) is 42.3 Å². The van der Waals surface area contributed by atoms with E-state index in [4.69, 9.17) is 9.72 Å². The molecule has 42 heavy (non-hydrogen) atoms. The van der Waals surface area contributed by atoms with E-state index in [1.807, 2.05) is 69.3 Å². The number of alkyl carbamates (subject to hydrolysis) is 1. The van der Waals surface area contributed by atoms with Crippen LogP contribution in [-0.4, -0.2) is 44.7 Å². The molecule has 10 heteroatoms. The smallest absolute Gasteiger partial charge is 0.407 e. The summed E-state index contributed by atoms with van der Waals surface area (Å²) in [6.07, 6.45) is 3.22. The summed E-state index contributed by atoms with van der Waals surface area (Å²) in [5.74, 6) is 0.0498. The van der Waals surface area contributed by atoms with Gasteiger partial charge in [-0.1, -0.05) is 48.5 Å². The molecule has 0 saturated carbocycles.